The Kier molecular flexibility index (Phi) is 7.85. The van der Waals surface area contributed by atoms with Gasteiger partial charge in [-0.1, -0.05) is 61.9 Å². The van der Waals surface area contributed by atoms with Crippen LogP contribution in [0.4, 0.5) is 0 Å². The first-order valence-corrected chi connectivity index (χ1v) is 13.3. The highest BCUT2D eigenvalue weighted by Crippen LogP contribution is 2.28. The lowest BCUT2D eigenvalue weighted by Gasteiger charge is -2.39. The summed E-state index contributed by atoms with van der Waals surface area (Å²) in [6.45, 7) is 6.28. The first-order valence-electron chi connectivity index (χ1n) is 13.3. The van der Waals surface area contributed by atoms with Crippen LogP contribution in [-0.2, 0) is 13.0 Å². The fourth-order valence-electron chi connectivity index (χ4n) is 5.35. The lowest BCUT2D eigenvalue weighted by Crippen LogP contribution is -2.50. The average molecular weight is 497 g/mol. The van der Waals surface area contributed by atoms with E-state index in [0.717, 1.165) is 61.0 Å². The first-order chi connectivity index (χ1) is 18.2. The van der Waals surface area contributed by atoms with E-state index in [-0.39, 0.29) is 11.9 Å². The van der Waals surface area contributed by atoms with Crippen LogP contribution in [-0.4, -0.2) is 58.5 Å². The highest BCUT2D eigenvalue weighted by Gasteiger charge is 2.30. The molecule has 1 atom stereocenters. The Morgan fingerprint density at radius 1 is 0.973 bits per heavy atom. The summed E-state index contributed by atoms with van der Waals surface area (Å²) in [5.74, 6) is 0.991. The summed E-state index contributed by atoms with van der Waals surface area (Å²) in [7, 11) is 1.70. The number of aromatic nitrogens is 2. The number of carbonyl (C=O) groups excluding carboxylic acids is 1. The number of rotatable bonds is 9. The van der Waals surface area contributed by atoms with Gasteiger partial charge in [-0.2, -0.15) is 0 Å². The monoisotopic (exact) mass is 496 g/mol. The lowest BCUT2D eigenvalue weighted by atomic mass is 10.00. The Hall–Kier alpha value is -3.64. The van der Waals surface area contributed by atoms with E-state index in [0.29, 0.717) is 13.1 Å². The highest BCUT2D eigenvalue weighted by atomic mass is 16.5. The van der Waals surface area contributed by atoms with Gasteiger partial charge in [-0.25, -0.2) is 4.98 Å². The summed E-state index contributed by atoms with van der Waals surface area (Å²) in [6, 6.07) is 22.7. The summed E-state index contributed by atoms with van der Waals surface area (Å²) >= 11 is 0. The zero-order valence-electron chi connectivity index (χ0n) is 21.8. The quantitative estimate of drug-likeness (QED) is 0.303. The fourth-order valence-corrected chi connectivity index (χ4v) is 5.35. The van der Waals surface area contributed by atoms with Crippen LogP contribution in [0.25, 0.3) is 10.8 Å². The van der Waals surface area contributed by atoms with Gasteiger partial charge in [0.2, 0.25) is 0 Å². The minimum Gasteiger partial charge on any atom is -0.497 e. The Labute approximate surface area is 219 Å². The maximum Gasteiger partial charge on any atom is 0.254 e. The molecular weight excluding hydrogens is 460 g/mol. The topological polar surface area (TPSA) is 50.6 Å². The van der Waals surface area contributed by atoms with Gasteiger partial charge in [0.05, 0.1) is 25.2 Å². The van der Waals surface area contributed by atoms with E-state index in [1.807, 2.05) is 59.9 Å². The molecule has 0 bridgehead atoms. The molecule has 1 aromatic heterocycles. The number of amides is 1. The Morgan fingerprint density at radius 3 is 2.49 bits per heavy atom. The van der Waals surface area contributed by atoms with E-state index >= 15 is 0 Å². The maximum absolute atomic E-state index is 13.5. The maximum atomic E-state index is 13.5. The third-order valence-electron chi connectivity index (χ3n) is 7.49. The molecule has 6 heteroatoms. The van der Waals surface area contributed by atoms with Crippen molar-refractivity contribution in [3.63, 3.8) is 0 Å². The number of piperazine rings is 1. The van der Waals surface area contributed by atoms with Crippen molar-refractivity contribution in [1.29, 1.82) is 0 Å². The van der Waals surface area contributed by atoms with E-state index in [1.165, 1.54) is 11.3 Å². The molecule has 37 heavy (non-hydrogen) atoms. The van der Waals surface area contributed by atoms with Crippen LogP contribution in [0.1, 0.15) is 47.4 Å². The Balaban J connectivity index is 1.35. The molecule has 1 fully saturated rings. The van der Waals surface area contributed by atoms with Crippen molar-refractivity contribution in [3.8, 4) is 5.75 Å². The minimum absolute atomic E-state index is 0.121. The van der Waals surface area contributed by atoms with Gasteiger partial charge in [0.25, 0.3) is 5.91 Å². The molecule has 2 heterocycles. The Morgan fingerprint density at radius 2 is 1.73 bits per heavy atom. The average Bonchev–Trinajstić information content (AvgIpc) is 3.43. The van der Waals surface area contributed by atoms with Crippen molar-refractivity contribution in [3.05, 3.63) is 96.1 Å². The number of benzene rings is 3. The summed E-state index contributed by atoms with van der Waals surface area (Å²) in [5.41, 5.74) is 3.31. The fraction of sp³-hybridized carbons (Fsp3) is 0.355. The molecule has 1 aliphatic rings. The molecule has 1 aliphatic heterocycles. The third-order valence-corrected chi connectivity index (χ3v) is 7.49. The van der Waals surface area contributed by atoms with Gasteiger partial charge < -0.3 is 14.2 Å². The summed E-state index contributed by atoms with van der Waals surface area (Å²) in [6.07, 6.45) is 7.16. The van der Waals surface area contributed by atoms with Crippen LogP contribution in [0.15, 0.2) is 79.3 Å². The smallest absolute Gasteiger partial charge is 0.254 e. The molecule has 3 aromatic carbocycles. The largest absolute Gasteiger partial charge is 0.497 e. The number of hydrogen-bond donors (Lipinski definition) is 0. The number of carbonyl (C=O) groups is 1. The lowest BCUT2D eigenvalue weighted by molar-refractivity contribution is 0.0560. The zero-order valence-corrected chi connectivity index (χ0v) is 21.8. The van der Waals surface area contributed by atoms with E-state index in [2.05, 4.69) is 45.6 Å². The predicted molar refractivity (Wildman–Crippen MR) is 148 cm³/mol. The predicted octanol–water partition coefficient (Wildman–Crippen LogP) is 5.59. The van der Waals surface area contributed by atoms with E-state index in [9.17, 15) is 4.79 Å². The summed E-state index contributed by atoms with van der Waals surface area (Å²) in [4.78, 5) is 22.6. The van der Waals surface area contributed by atoms with Crippen molar-refractivity contribution in [1.82, 2.24) is 19.4 Å². The SMILES string of the molecule is CCCCn1cncc1[C@H](Cc1ccc(OC)cc1)N1CCN(C(=O)c2cccc3ccccc23)CC1. The van der Waals surface area contributed by atoms with Crippen LogP contribution in [0.3, 0.4) is 0 Å². The molecule has 1 saturated heterocycles. The number of fused-ring (bicyclic) bond motifs is 1. The van der Waals surface area contributed by atoms with Crippen LogP contribution >= 0.6 is 0 Å². The van der Waals surface area contributed by atoms with Gasteiger partial charge in [0.15, 0.2) is 0 Å². The molecule has 0 spiro atoms. The zero-order chi connectivity index (χ0) is 25.6. The number of unbranched alkanes of at least 4 members (excludes halogenated alkanes) is 1. The minimum atomic E-state index is 0.121. The third kappa shape index (κ3) is 5.54. The normalized spacial score (nSPS) is 15.1. The van der Waals surface area contributed by atoms with E-state index in [4.69, 9.17) is 4.74 Å². The van der Waals surface area contributed by atoms with Gasteiger partial charge in [0, 0.05) is 44.5 Å². The Bertz CT molecular complexity index is 1320. The molecule has 0 aliphatic carbocycles. The van der Waals surface area contributed by atoms with Gasteiger partial charge in [-0.15, -0.1) is 0 Å². The molecule has 0 saturated carbocycles. The molecule has 4 aromatic rings. The van der Waals surface area contributed by atoms with Gasteiger partial charge >= 0.3 is 0 Å². The summed E-state index contributed by atoms with van der Waals surface area (Å²) < 4.78 is 7.67. The highest BCUT2D eigenvalue weighted by molar-refractivity contribution is 6.07. The van der Waals surface area contributed by atoms with Crippen LogP contribution in [0.5, 0.6) is 5.75 Å². The second kappa shape index (κ2) is 11.6. The molecule has 0 unspecified atom stereocenters. The standard InChI is InChI=1S/C31H36N4O2/c1-3-4-16-35-23-32-22-30(35)29(21-24-12-14-26(37-2)15-13-24)33-17-19-34(20-18-33)31(36)28-11-7-9-25-8-5-6-10-27(25)28/h5-15,22-23,29H,3-4,16-21H2,1-2H3/t29-/m0/s1. The van der Waals surface area contributed by atoms with Gasteiger partial charge in [-0.3, -0.25) is 9.69 Å². The van der Waals surface area contributed by atoms with Gasteiger partial charge in [-0.05, 0) is 47.4 Å². The number of ether oxygens (including phenoxy) is 1. The molecule has 0 N–H and O–H groups in total. The molecular formula is C31H36N4O2. The van der Waals surface area contributed by atoms with Crippen LogP contribution in [0, 0.1) is 0 Å². The van der Waals surface area contributed by atoms with Crippen molar-refractivity contribution in [2.75, 3.05) is 33.3 Å². The molecule has 1 amide bonds. The molecule has 6 nitrogen and oxygen atoms in total. The molecule has 192 valence electrons. The van der Waals surface area contributed by atoms with Crippen LogP contribution in [0.2, 0.25) is 0 Å². The number of nitrogens with zero attached hydrogens (tertiary/aromatic N) is 4. The molecule has 5 rings (SSSR count). The second-order valence-corrected chi connectivity index (χ2v) is 9.79. The number of imidazole rings is 1. The molecule has 0 radical (unpaired) electrons. The van der Waals surface area contributed by atoms with Crippen molar-refractivity contribution >= 4 is 16.7 Å². The van der Waals surface area contributed by atoms with Crippen molar-refractivity contribution in [2.45, 2.75) is 38.8 Å². The first kappa shape index (κ1) is 25.0. The second-order valence-electron chi connectivity index (χ2n) is 9.79. The van der Waals surface area contributed by atoms with Crippen molar-refractivity contribution in [2.24, 2.45) is 0 Å². The van der Waals surface area contributed by atoms with Crippen LogP contribution < -0.4 is 4.74 Å². The number of methoxy groups -OCH3 is 1. The van der Waals surface area contributed by atoms with Gasteiger partial charge in [0.1, 0.15) is 5.75 Å². The van der Waals surface area contributed by atoms with E-state index in [1.54, 1.807) is 7.11 Å². The van der Waals surface area contributed by atoms with E-state index < -0.39 is 0 Å². The summed E-state index contributed by atoms with van der Waals surface area (Å²) in [5, 5.41) is 2.13. The number of hydrogen-bond acceptors (Lipinski definition) is 4. The van der Waals surface area contributed by atoms with Crippen molar-refractivity contribution < 1.29 is 9.53 Å². The number of aryl methyl sites for hydroxylation is 1.